The Hall–Kier alpha value is -3.92. The Morgan fingerprint density at radius 1 is 1.07 bits per heavy atom. The second-order valence-electron chi connectivity index (χ2n) is 10.9. The van der Waals surface area contributed by atoms with Crippen LogP contribution in [0.2, 0.25) is 0 Å². The number of hydrogen-bond acceptors (Lipinski definition) is 6. The highest BCUT2D eigenvalue weighted by molar-refractivity contribution is 7.89. The molecule has 3 heterocycles. The van der Waals surface area contributed by atoms with E-state index < -0.39 is 81.5 Å². The molecule has 0 unspecified atom stereocenters. The SMILES string of the molecule is C=C[C@@H]1C[C@@H](C(=O)NCc2cc(-c3cnc(C(F)(F)F)nc3)nc(C3CC3)c2C(F)(F)F)N(S(=O)(=O)c2ccc(F)cc2)[C@H]1C. The van der Waals surface area contributed by atoms with Crippen molar-refractivity contribution in [2.45, 2.75) is 68.0 Å². The van der Waals surface area contributed by atoms with Gasteiger partial charge in [0.05, 0.1) is 21.8 Å². The maximum absolute atomic E-state index is 14.4. The average molecular weight is 658 g/mol. The lowest BCUT2D eigenvalue weighted by Crippen LogP contribution is -2.48. The number of pyridine rings is 1. The maximum Gasteiger partial charge on any atom is 0.451 e. The number of sulfonamides is 1. The molecule has 0 radical (unpaired) electrons. The van der Waals surface area contributed by atoms with Crippen molar-refractivity contribution < 1.29 is 43.9 Å². The highest BCUT2D eigenvalue weighted by Gasteiger charge is 2.48. The monoisotopic (exact) mass is 657 g/mol. The molecule has 3 atom stereocenters. The van der Waals surface area contributed by atoms with Crippen LogP contribution in [0.15, 0.2) is 60.3 Å². The summed E-state index contributed by atoms with van der Waals surface area (Å²) in [7, 11) is -4.35. The molecule has 0 spiro atoms. The predicted octanol–water partition coefficient (Wildman–Crippen LogP) is 5.86. The minimum Gasteiger partial charge on any atom is -0.351 e. The van der Waals surface area contributed by atoms with Gasteiger partial charge in [0.2, 0.25) is 21.8 Å². The van der Waals surface area contributed by atoms with Crippen LogP contribution < -0.4 is 5.32 Å². The zero-order chi connectivity index (χ0) is 32.9. The van der Waals surface area contributed by atoms with Crippen LogP contribution in [0.4, 0.5) is 30.7 Å². The van der Waals surface area contributed by atoms with Gasteiger partial charge in [-0.05, 0) is 68.0 Å². The summed E-state index contributed by atoms with van der Waals surface area (Å²) < 4.78 is 124. The number of hydrogen-bond donors (Lipinski definition) is 1. The van der Waals surface area contributed by atoms with E-state index in [2.05, 4.69) is 26.8 Å². The number of carbonyl (C=O) groups is 1. The number of halogens is 7. The molecule has 2 aliphatic rings. The van der Waals surface area contributed by atoms with E-state index in [1.54, 1.807) is 6.92 Å². The van der Waals surface area contributed by atoms with Crippen LogP contribution in [0.1, 0.15) is 54.7 Å². The summed E-state index contributed by atoms with van der Waals surface area (Å²) in [6, 6.07) is 2.90. The van der Waals surface area contributed by atoms with Crippen LogP contribution in [0, 0.1) is 11.7 Å². The van der Waals surface area contributed by atoms with E-state index >= 15 is 0 Å². The molecule has 16 heteroatoms. The number of aromatic nitrogens is 3. The number of amides is 1. The zero-order valence-electron chi connectivity index (χ0n) is 23.5. The number of benzene rings is 1. The first-order chi connectivity index (χ1) is 21.0. The third kappa shape index (κ3) is 6.57. The molecule has 8 nitrogen and oxygen atoms in total. The van der Waals surface area contributed by atoms with Gasteiger partial charge in [-0.25, -0.2) is 22.8 Å². The topological polar surface area (TPSA) is 105 Å². The summed E-state index contributed by atoms with van der Waals surface area (Å²) >= 11 is 0. The average Bonchev–Trinajstić information content (AvgIpc) is 3.76. The van der Waals surface area contributed by atoms with E-state index in [-0.39, 0.29) is 28.3 Å². The van der Waals surface area contributed by atoms with Gasteiger partial charge in [0.1, 0.15) is 11.9 Å². The third-order valence-electron chi connectivity index (χ3n) is 7.85. The molecule has 1 saturated heterocycles. The molecule has 2 fully saturated rings. The number of nitrogens with one attached hydrogen (secondary N) is 1. The molecule has 1 N–H and O–H groups in total. The smallest absolute Gasteiger partial charge is 0.351 e. The summed E-state index contributed by atoms with van der Waals surface area (Å²) in [4.78, 5) is 23.9. The Balaban J connectivity index is 1.49. The lowest BCUT2D eigenvalue weighted by atomic mass is 9.99. The van der Waals surface area contributed by atoms with E-state index in [0.717, 1.165) is 47.0 Å². The van der Waals surface area contributed by atoms with Crippen molar-refractivity contribution in [2.75, 3.05) is 0 Å². The molecule has 3 aromatic rings. The predicted molar refractivity (Wildman–Crippen MR) is 146 cm³/mol. The van der Waals surface area contributed by atoms with Gasteiger partial charge in [-0.3, -0.25) is 9.78 Å². The van der Waals surface area contributed by atoms with Crippen molar-refractivity contribution in [1.82, 2.24) is 24.6 Å². The fourth-order valence-electron chi connectivity index (χ4n) is 5.45. The number of carbonyl (C=O) groups excluding carboxylic acids is 1. The Labute approximate surface area is 253 Å². The van der Waals surface area contributed by atoms with Crippen molar-refractivity contribution in [1.29, 1.82) is 0 Å². The van der Waals surface area contributed by atoms with Gasteiger partial charge in [-0.2, -0.15) is 30.6 Å². The molecule has 1 amide bonds. The van der Waals surface area contributed by atoms with Crippen LogP contribution >= 0.6 is 0 Å². The fourth-order valence-corrected chi connectivity index (χ4v) is 7.29. The Morgan fingerprint density at radius 3 is 2.22 bits per heavy atom. The van der Waals surface area contributed by atoms with Crippen LogP contribution in [0.25, 0.3) is 11.3 Å². The van der Waals surface area contributed by atoms with Crippen molar-refractivity contribution in [3.63, 3.8) is 0 Å². The molecule has 1 aliphatic carbocycles. The molecular weight excluding hydrogens is 631 g/mol. The normalized spacial score (nSPS) is 21.1. The van der Waals surface area contributed by atoms with E-state index in [1.807, 2.05) is 0 Å². The Kier molecular flexibility index (Phi) is 8.50. The second kappa shape index (κ2) is 11.8. The van der Waals surface area contributed by atoms with Gasteiger partial charge in [-0.15, -0.1) is 6.58 Å². The van der Waals surface area contributed by atoms with Gasteiger partial charge in [0.25, 0.3) is 0 Å². The van der Waals surface area contributed by atoms with Gasteiger partial charge >= 0.3 is 12.4 Å². The summed E-state index contributed by atoms with van der Waals surface area (Å²) in [6.07, 6.45) is -5.83. The minimum absolute atomic E-state index is 0.0130. The molecule has 240 valence electrons. The van der Waals surface area contributed by atoms with Crippen molar-refractivity contribution in [2.24, 2.45) is 5.92 Å². The number of nitrogens with zero attached hydrogens (tertiary/aromatic N) is 4. The first kappa shape index (κ1) is 32.5. The quantitative estimate of drug-likeness (QED) is 0.240. The maximum atomic E-state index is 14.4. The van der Waals surface area contributed by atoms with Gasteiger partial charge < -0.3 is 5.32 Å². The second-order valence-corrected chi connectivity index (χ2v) is 12.7. The van der Waals surface area contributed by atoms with Gasteiger partial charge in [0, 0.05) is 36.5 Å². The highest BCUT2D eigenvalue weighted by atomic mass is 32.2. The zero-order valence-corrected chi connectivity index (χ0v) is 24.3. The third-order valence-corrected chi connectivity index (χ3v) is 9.86. The molecule has 1 aromatic carbocycles. The van der Waals surface area contributed by atoms with Crippen LogP contribution in [0.3, 0.4) is 0 Å². The molecular formula is C29H26F7N5O3S. The first-order valence-electron chi connectivity index (χ1n) is 13.7. The number of alkyl halides is 6. The van der Waals surface area contributed by atoms with Crippen molar-refractivity contribution in [3.8, 4) is 11.3 Å². The fraction of sp³-hybridized carbons (Fsp3) is 0.379. The highest BCUT2D eigenvalue weighted by Crippen LogP contribution is 2.47. The molecule has 2 aromatic heterocycles. The van der Waals surface area contributed by atoms with Crippen molar-refractivity contribution in [3.05, 3.63) is 83.8 Å². The summed E-state index contributed by atoms with van der Waals surface area (Å²) in [6.45, 7) is 4.57. The lowest BCUT2D eigenvalue weighted by molar-refractivity contribution is -0.145. The number of rotatable bonds is 8. The van der Waals surface area contributed by atoms with E-state index in [1.165, 1.54) is 6.08 Å². The van der Waals surface area contributed by atoms with E-state index in [9.17, 15) is 43.9 Å². The van der Waals surface area contributed by atoms with Crippen molar-refractivity contribution >= 4 is 15.9 Å². The summed E-state index contributed by atoms with van der Waals surface area (Å²) in [5.74, 6) is -4.01. The summed E-state index contributed by atoms with van der Waals surface area (Å²) in [5, 5.41) is 2.43. The van der Waals surface area contributed by atoms with Crippen LogP contribution in [0.5, 0.6) is 0 Å². The Bertz CT molecular complexity index is 1710. The standard InChI is InChI=1S/C29H26F7N5O3S/c1-3-16-11-23(41(15(16)2)45(43,44)21-8-6-20(30)7-9-21)26(42)37-12-18-10-22(19-13-38-27(39-14-19)29(34,35)36)40-25(17-4-5-17)24(18)28(31,32)33/h3,6-10,13-17,23H,1,4-5,11-12H2,2H3,(H,37,42)/t15-,16+,23-/m0/s1. The molecule has 5 rings (SSSR count). The molecule has 0 bridgehead atoms. The molecule has 1 saturated carbocycles. The summed E-state index contributed by atoms with van der Waals surface area (Å²) in [5.41, 5.74) is -2.00. The molecule has 45 heavy (non-hydrogen) atoms. The van der Waals surface area contributed by atoms with Gasteiger partial charge in [-0.1, -0.05) is 6.08 Å². The van der Waals surface area contributed by atoms with E-state index in [4.69, 9.17) is 0 Å². The Morgan fingerprint density at radius 2 is 1.69 bits per heavy atom. The van der Waals surface area contributed by atoms with Crippen LogP contribution in [-0.2, 0) is 33.7 Å². The lowest BCUT2D eigenvalue weighted by Gasteiger charge is -2.28. The first-order valence-corrected chi connectivity index (χ1v) is 15.2. The van der Waals surface area contributed by atoms with Gasteiger partial charge in [0.15, 0.2) is 0 Å². The van der Waals surface area contributed by atoms with E-state index in [0.29, 0.717) is 12.8 Å². The minimum atomic E-state index is -4.89. The largest absolute Gasteiger partial charge is 0.451 e. The van der Waals surface area contributed by atoms with Crippen LogP contribution in [-0.4, -0.2) is 45.7 Å². The molecule has 1 aliphatic heterocycles.